The van der Waals surface area contributed by atoms with Crippen molar-refractivity contribution in [3.05, 3.63) is 70.1 Å². The predicted octanol–water partition coefficient (Wildman–Crippen LogP) is 3.30. The van der Waals surface area contributed by atoms with Gasteiger partial charge in [-0.25, -0.2) is 4.39 Å². The molecule has 132 valence electrons. The van der Waals surface area contributed by atoms with E-state index in [2.05, 4.69) is 10.3 Å². The van der Waals surface area contributed by atoms with Crippen LogP contribution in [0.2, 0.25) is 5.02 Å². The Bertz CT molecular complexity index is 1030. The molecule has 0 atom stereocenters. The SMILES string of the molecule is NC(=S)c1cc(F)cc2c(O)c(C(=O)NCc3ccc(Cl)cc3)cnc12. The van der Waals surface area contributed by atoms with E-state index in [1.165, 1.54) is 6.20 Å². The number of rotatable bonds is 4. The Hall–Kier alpha value is -2.77. The maximum atomic E-state index is 13.8. The van der Waals surface area contributed by atoms with Crippen LogP contribution in [0.25, 0.3) is 10.9 Å². The number of fused-ring (bicyclic) bond motifs is 1. The minimum atomic E-state index is -0.642. The van der Waals surface area contributed by atoms with Crippen LogP contribution in [0.5, 0.6) is 5.75 Å². The maximum Gasteiger partial charge on any atom is 0.256 e. The van der Waals surface area contributed by atoms with Crippen LogP contribution in [0.4, 0.5) is 4.39 Å². The van der Waals surface area contributed by atoms with Gasteiger partial charge in [0, 0.05) is 28.7 Å². The highest BCUT2D eigenvalue weighted by Crippen LogP contribution is 2.30. The van der Waals surface area contributed by atoms with Crippen LogP contribution in [0.3, 0.4) is 0 Å². The van der Waals surface area contributed by atoms with Gasteiger partial charge in [0.15, 0.2) is 0 Å². The molecule has 8 heteroatoms. The van der Waals surface area contributed by atoms with E-state index >= 15 is 0 Å². The molecule has 1 aromatic heterocycles. The molecular weight excluding hydrogens is 377 g/mol. The lowest BCUT2D eigenvalue weighted by Crippen LogP contribution is -2.23. The van der Waals surface area contributed by atoms with Gasteiger partial charge in [-0.1, -0.05) is 36.0 Å². The highest BCUT2D eigenvalue weighted by Gasteiger charge is 2.18. The van der Waals surface area contributed by atoms with Gasteiger partial charge in [0.1, 0.15) is 22.1 Å². The van der Waals surface area contributed by atoms with Crippen molar-refractivity contribution in [3.8, 4) is 5.75 Å². The molecule has 0 bridgehead atoms. The molecule has 1 amide bonds. The number of carbonyl (C=O) groups is 1. The van der Waals surface area contributed by atoms with Gasteiger partial charge >= 0.3 is 0 Å². The summed E-state index contributed by atoms with van der Waals surface area (Å²) < 4.78 is 13.8. The van der Waals surface area contributed by atoms with E-state index < -0.39 is 11.7 Å². The second kappa shape index (κ2) is 7.23. The van der Waals surface area contributed by atoms with Crippen LogP contribution < -0.4 is 11.1 Å². The van der Waals surface area contributed by atoms with Crippen LogP contribution >= 0.6 is 23.8 Å². The quantitative estimate of drug-likeness (QED) is 0.596. The van der Waals surface area contributed by atoms with Crippen LogP contribution in [0, 0.1) is 5.82 Å². The van der Waals surface area contributed by atoms with E-state index in [-0.39, 0.29) is 39.3 Å². The van der Waals surface area contributed by atoms with Crippen molar-refractivity contribution >= 4 is 45.6 Å². The number of hydrogen-bond donors (Lipinski definition) is 3. The van der Waals surface area contributed by atoms with Gasteiger partial charge in [0.2, 0.25) is 0 Å². The Morgan fingerprint density at radius 2 is 1.96 bits per heavy atom. The average molecular weight is 390 g/mol. The zero-order valence-corrected chi connectivity index (χ0v) is 14.9. The first kappa shape index (κ1) is 18.0. The van der Waals surface area contributed by atoms with E-state index in [4.69, 9.17) is 29.6 Å². The number of amides is 1. The number of hydrogen-bond acceptors (Lipinski definition) is 4. The molecule has 3 rings (SSSR count). The Kier molecular flexibility index (Phi) is 5.01. The van der Waals surface area contributed by atoms with E-state index in [1.807, 2.05) is 0 Å². The second-order valence-electron chi connectivity index (χ2n) is 5.54. The zero-order valence-electron chi connectivity index (χ0n) is 13.3. The molecular formula is C18H13ClFN3O2S. The van der Waals surface area contributed by atoms with Gasteiger partial charge in [0.25, 0.3) is 5.91 Å². The molecule has 0 fully saturated rings. The normalized spacial score (nSPS) is 10.7. The van der Waals surface area contributed by atoms with Crippen molar-refractivity contribution in [2.75, 3.05) is 0 Å². The van der Waals surface area contributed by atoms with Crippen molar-refractivity contribution < 1.29 is 14.3 Å². The summed E-state index contributed by atoms with van der Waals surface area (Å²) in [5, 5.41) is 13.7. The summed E-state index contributed by atoms with van der Waals surface area (Å²) in [5.41, 5.74) is 6.75. The fourth-order valence-electron chi connectivity index (χ4n) is 2.49. The van der Waals surface area contributed by atoms with Gasteiger partial charge < -0.3 is 16.2 Å². The van der Waals surface area contributed by atoms with E-state index in [9.17, 15) is 14.3 Å². The van der Waals surface area contributed by atoms with Gasteiger partial charge in [-0.15, -0.1) is 0 Å². The van der Waals surface area contributed by atoms with Crippen LogP contribution in [-0.4, -0.2) is 21.0 Å². The number of aromatic nitrogens is 1. The Morgan fingerprint density at radius 1 is 1.27 bits per heavy atom. The molecule has 5 nitrogen and oxygen atoms in total. The minimum Gasteiger partial charge on any atom is -0.506 e. The average Bonchev–Trinajstić information content (AvgIpc) is 2.61. The molecule has 0 aliphatic heterocycles. The summed E-state index contributed by atoms with van der Waals surface area (Å²) in [6, 6.07) is 9.17. The predicted molar refractivity (Wildman–Crippen MR) is 102 cm³/mol. The smallest absolute Gasteiger partial charge is 0.256 e. The second-order valence-corrected chi connectivity index (χ2v) is 6.42. The zero-order chi connectivity index (χ0) is 18.8. The topological polar surface area (TPSA) is 88.2 Å². The first-order valence-electron chi connectivity index (χ1n) is 7.50. The van der Waals surface area contributed by atoms with Crippen molar-refractivity contribution in [1.29, 1.82) is 0 Å². The fourth-order valence-corrected chi connectivity index (χ4v) is 2.77. The number of halogens is 2. The lowest BCUT2D eigenvalue weighted by Gasteiger charge is -2.11. The fraction of sp³-hybridized carbons (Fsp3) is 0.0556. The van der Waals surface area contributed by atoms with Crippen molar-refractivity contribution in [3.63, 3.8) is 0 Å². The Morgan fingerprint density at radius 3 is 2.62 bits per heavy atom. The molecule has 2 aromatic carbocycles. The standard InChI is InChI=1S/C18H13ClFN3O2S/c19-10-3-1-9(2-4-10)7-23-18(25)14-8-22-15-12(16(14)24)5-11(20)6-13(15)17(21)26/h1-6,8H,7H2,(H2,21,26)(H,22,24)(H,23,25). The number of nitrogens with zero attached hydrogens (tertiary/aromatic N) is 1. The molecule has 0 unspecified atom stereocenters. The monoisotopic (exact) mass is 389 g/mol. The first-order chi connectivity index (χ1) is 12.4. The number of aromatic hydroxyl groups is 1. The molecule has 4 N–H and O–H groups in total. The lowest BCUT2D eigenvalue weighted by molar-refractivity contribution is 0.0948. The van der Waals surface area contributed by atoms with Gasteiger partial charge in [0.05, 0.1) is 5.52 Å². The third kappa shape index (κ3) is 3.58. The maximum absolute atomic E-state index is 13.8. The highest BCUT2D eigenvalue weighted by atomic mass is 35.5. The Balaban J connectivity index is 1.92. The third-order valence-electron chi connectivity index (χ3n) is 3.78. The largest absolute Gasteiger partial charge is 0.506 e. The number of benzene rings is 2. The summed E-state index contributed by atoms with van der Waals surface area (Å²) in [6.07, 6.45) is 1.20. The van der Waals surface area contributed by atoms with Gasteiger partial charge in [-0.3, -0.25) is 9.78 Å². The van der Waals surface area contributed by atoms with Crippen LogP contribution in [0.15, 0.2) is 42.6 Å². The summed E-state index contributed by atoms with van der Waals surface area (Å²) >= 11 is 10.7. The third-order valence-corrected chi connectivity index (χ3v) is 4.26. The molecule has 0 saturated heterocycles. The first-order valence-corrected chi connectivity index (χ1v) is 8.29. The molecule has 0 aliphatic rings. The van der Waals surface area contributed by atoms with Gasteiger partial charge in [-0.05, 0) is 29.8 Å². The number of thiocarbonyl (C=S) groups is 1. The molecule has 0 aliphatic carbocycles. The molecule has 26 heavy (non-hydrogen) atoms. The molecule has 0 radical (unpaired) electrons. The number of nitrogens with one attached hydrogen (secondary N) is 1. The Labute approximate surface area is 158 Å². The molecule has 0 saturated carbocycles. The lowest BCUT2D eigenvalue weighted by atomic mass is 10.1. The van der Waals surface area contributed by atoms with Gasteiger partial charge in [-0.2, -0.15) is 0 Å². The summed E-state index contributed by atoms with van der Waals surface area (Å²) in [4.78, 5) is 16.4. The minimum absolute atomic E-state index is 0.0543. The molecule has 1 heterocycles. The summed E-state index contributed by atoms with van der Waals surface area (Å²) in [7, 11) is 0. The van der Waals surface area contributed by atoms with Crippen molar-refractivity contribution in [1.82, 2.24) is 10.3 Å². The van der Waals surface area contributed by atoms with Crippen molar-refractivity contribution in [2.45, 2.75) is 6.54 Å². The van der Waals surface area contributed by atoms with E-state index in [1.54, 1.807) is 24.3 Å². The van der Waals surface area contributed by atoms with Crippen LogP contribution in [0.1, 0.15) is 21.5 Å². The van der Waals surface area contributed by atoms with E-state index in [0.29, 0.717) is 5.02 Å². The summed E-state index contributed by atoms with van der Waals surface area (Å²) in [6.45, 7) is 0.231. The number of nitrogens with two attached hydrogens (primary N) is 1. The molecule has 0 spiro atoms. The summed E-state index contributed by atoms with van der Waals surface area (Å²) in [5.74, 6) is -1.58. The van der Waals surface area contributed by atoms with Crippen LogP contribution in [-0.2, 0) is 6.54 Å². The molecule has 3 aromatic rings. The number of carbonyl (C=O) groups excluding carboxylic acids is 1. The highest BCUT2D eigenvalue weighted by molar-refractivity contribution is 7.80. The van der Waals surface area contributed by atoms with Crippen molar-refractivity contribution in [2.24, 2.45) is 5.73 Å². The van der Waals surface area contributed by atoms with E-state index in [0.717, 1.165) is 17.7 Å². The number of pyridine rings is 1.